The minimum absolute atomic E-state index is 0.289. The molecule has 0 fully saturated rings. The number of rotatable bonds is 3. The van der Waals surface area contributed by atoms with Crippen LogP contribution in [0.1, 0.15) is 16.1 Å². The molecule has 2 aromatic rings. The average molecular weight is 296 g/mol. The summed E-state index contributed by atoms with van der Waals surface area (Å²) in [5, 5.41) is 0.921. The number of amides is 1. The van der Waals surface area contributed by atoms with Crippen LogP contribution >= 0.6 is 23.2 Å². The van der Waals surface area contributed by atoms with Crippen molar-refractivity contribution in [1.29, 1.82) is 0 Å². The third-order valence-corrected chi connectivity index (χ3v) is 2.79. The highest BCUT2D eigenvalue weighted by molar-refractivity contribution is 6.30. The van der Waals surface area contributed by atoms with Gasteiger partial charge in [0.05, 0.1) is 5.69 Å². The van der Waals surface area contributed by atoms with E-state index in [0.717, 1.165) is 5.69 Å². The maximum atomic E-state index is 11.9. The third kappa shape index (κ3) is 3.84. The molecule has 1 aromatic heterocycles. The van der Waals surface area contributed by atoms with Gasteiger partial charge in [-0.15, -0.1) is 0 Å². The highest BCUT2D eigenvalue weighted by Gasteiger charge is 2.07. The van der Waals surface area contributed by atoms with Crippen molar-refractivity contribution in [3.63, 3.8) is 0 Å². The molecule has 1 amide bonds. The Balaban J connectivity index is 2.03. The molecular weight excluding hydrogens is 285 g/mol. The molecule has 0 aliphatic carbocycles. The Bertz CT molecular complexity index is 579. The number of carbonyl (C=O) groups excluding carboxylic acids is 1. The first-order valence-corrected chi connectivity index (χ1v) is 6.26. The van der Waals surface area contributed by atoms with E-state index in [1.807, 2.05) is 0 Å². The van der Waals surface area contributed by atoms with Gasteiger partial charge in [-0.05, 0) is 43.3 Å². The van der Waals surface area contributed by atoms with Gasteiger partial charge in [-0.25, -0.2) is 4.98 Å². The molecule has 19 heavy (non-hydrogen) atoms. The molecule has 4 nitrogen and oxygen atoms in total. The Labute approximate surface area is 120 Å². The molecular formula is C13H11Cl2N3O. The first-order chi connectivity index (χ1) is 9.04. The molecule has 0 aliphatic rings. The third-order valence-electron chi connectivity index (χ3n) is 2.35. The summed E-state index contributed by atoms with van der Waals surface area (Å²) in [6.07, 6.45) is 0. The van der Waals surface area contributed by atoms with E-state index in [2.05, 4.69) is 15.8 Å². The lowest BCUT2D eigenvalue weighted by atomic mass is 10.2. The zero-order chi connectivity index (χ0) is 13.8. The molecule has 0 aliphatic heterocycles. The van der Waals surface area contributed by atoms with Crippen LogP contribution in [0.3, 0.4) is 0 Å². The largest absolute Gasteiger partial charge is 0.298 e. The summed E-state index contributed by atoms with van der Waals surface area (Å²) in [4.78, 5) is 15.9. The van der Waals surface area contributed by atoms with Gasteiger partial charge in [-0.1, -0.05) is 23.2 Å². The number of benzene rings is 1. The monoisotopic (exact) mass is 295 g/mol. The van der Waals surface area contributed by atoms with E-state index in [1.54, 1.807) is 37.3 Å². The quantitative estimate of drug-likeness (QED) is 0.673. The number of hydrazine groups is 1. The van der Waals surface area contributed by atoms with Crippen LogP contribution in [0.5, 0.6) is 0 Å². The van der Waals surface area contributed by atoms with Gasteiger partial charge in [0, 0.05) is 16.3 Å². The molecule has 0 spiro atoms. The van der Waals surface area contributed by atoms with E-state index < -0.39 is 0 Å². The maximum Gasteiger partial charge on any atom is 0.269 e. The van der Waals surface area contributed by atoms with Crippen molar-refractivity contribution in [2.75, 3.05) is 5.43 Å². The smallest absolute Gasteiger partial charge is 0.269 e. The van der Waals surface area contributed by atoms with Gasteiger partial charge in [-0.2, -0.15) is 0 Å². The first-order valence-electron chi connectivity index (χ1n) is 5.51. The number of nitrogens with zero attached hydrogens (tertiary/aromatic N) is 1. The lowest BCUT2D eigenvalue weighted by molar-refractivity contribution is 0.0962. The van der Waals surface area contributed by atoms with Gasteiger partial charge >= 0.3 is 0 Å². The van der Waals surface area contributed by atoms with Crippen molar-refractivity contribution < 1.29 is 4.79 Å². The Kier molecular flexibility index (Phi) is 4.24. The van der Waals surface area contributed by atoms with Crippen molar-refractivity contribution >= 4 is 34.8 Å². The second kappa shape index (κ2) is 5.91. The number of carbonyl (C=O) groups is 1. The van der Waals surface area contributed by atoms with Gasteiger partial charge in [0.1, 0.15) is 5.15 Å². The van der Waals surface area contributed by atoms with Crippen LogP contribution in [0.4, 0.5) is 5.69 Å². The summed E-state index contributed by atoms with van der Waals surface area (Å²) >= 11 is 11.6. The lowest BCUT2D eigenvalue weighted by Crippen LogP contribution is -2.29. The van der Waals surface area contributed by atoms with Crippen molar-refractivity contribution in [2.45, 2.75) is 6.92 Å². The summed E-state index contributed by atoms with van der Waals surface area (Å²) in [5.41, 5.74) is 7.22. The van der Waals surface area contributed by atoms with Crippen LogP contribution in [0.15, 0.2) is 36.4 Å². The molecule has 98 valence electrons. The predicted molar refractivity (Wildman–Crippen MR) is 76.5 cm³/mol. The fraction of sp³-hybridized carbons (Fsp3) is 0.0769. The number of hydrogen-bond acceptors (Lipinski definition) is 3. The number of nitrogens with one attached hydrogen (secondary N) is 2. The standard InChI is InChI=1S/C13H11Cl2N3O/c1-8-6-9(7-12(15)16-8)13(19)18-17-11-4-2-10(14)3-5-11/h2-7,17H,1H3,(H,18,19). The Hall–Kier alpha value is -1.78. The molecule has 0 bridgehead atoms. The summed E-state index contributed by atoms with van der Waals surface area (Å²) in [6, 6.07) is 10.1. The van der Waals surface area contributed by atoms with E-state index in [0.29, 0.717) is 16.3 Å². The van der Waals surface area contributed by atoms with Gasteiger partial charge in [-0.3, -0.25) is 15.6 Å². The number of aromatic nitrogens is 1. The summed E-state index contributed by atoms with van der Waals surface area (Å²) < 4.78 is 0. The highest BCUT2D eigenvalue weighted by Crippen LogP contribution is 2.13. The van der Waals surface area contributed by atoms with E-state index in [1.165, 1.54) is 6.07 Å². The molecule has 1 heterocycles. The number of hydrogen-bond donors (Lipinski definition) is 2. The maximum absolute atomic E-state index is 11.9. The van der Waals surface area contributed by atoms with Gasteiger partial charge in [0.25, 0.3) is 5.91 Å². The van der Waals surface area contributed by atoms with Crippen molar-refractivity contribution in [1.82, 2.24) is 10.4 Å². The molecule has 0 saturated heterocycles. The summed E-state index contributed by atoms with van der Waals surface area (Å²) in [5.74, 6) is -0.289. The molecule has 1 aromatic carbocycles. The van der Waals surface area contributed by atoms with Crippen LogP contribution in [-0.2, 0) is 0 Å². The van der Waals surface area contributed by atoms with Crippen LogP contribution in [-0.4, -0.2) is 10.9 Å². The molecule has 6 heteroatoms. The lowest BCUT2D eigenvalue weighted by Gasteiger charge is -2.09. The van der Waals surface area contributed by atoms with Crippen molar-refractivity contribution in [2.24, 2.45) is 0 Å². The van der Waals surface area contributed by atoms with Gasteiger partial charge < -0.3 is 0 Å². The summed E-state index contributed by atoms with van der Waals surface area (Å²) in [7, 11) is 0. The van der Waals surface area contributed by atoms with Crippen LogP contribution in [0.25, 0.3) is 0 Å². The number of halogens is 2. The fourth-order valence-corrected chi connectivity index (χ4v) is 1.87. The van der Waals surface area contributed by atoms with E-state index >= 15 is 0 Å². The zero-order valence-electron chi connectivity index (χ0n) is 10.1. The number of aryl methyl sites for hydroxylation is 1. The minimum atomic E-state index is -0.289. The number of anilines is 1. The second-order valence-corrected chi connectivity index (χ2v) is 4.73. The predicted octanol–water partition coefficient (Wildman–Crippen LogP) is 3.45. The number of pyridine rings is 1. The van der Waals surface area contributed by atoms with E-state index in [9.17, 15) is 4.79 Å². The average Bonchev–Trinajstić information content (AvgIpc) is 2.36. The molecule has 0 radical (unpaired) electrons. The first kappa shape index (κ1) is 13.6. The van der Waals surface area contributed by atoms with Gasteiger partial charge in [0.2, 0.25) is 0 Å². The van der Waals surface area contributed by atoms with E-state index in [4.69, 9.17) is 23.2 Å². The van der Waals surface area contributed by atoms with Crippen LogP contribution < -0.4 is 10.9 Å². The molecule has 2 rings (SSSR count). The van der Waals surface area contributed by atoms with Crippen LogP contribution in [0.2, 0.25) is 10.2 Å². The van der Waals surface area contributed by atoms with Crippen molar-refractivity contribution in [3.8, 4) is 0 Å². The fourth-order valence-electron chi connectivity index (χ4n) is 1.49. The Morgan fingerprint density at radius 2 is 1.84 bits per heavy atom. The molecule has 0 unspecified atom stereocenters. The normalized spacial score (nSPS) is 10.1. The van der Waals surface area contributed by atoms with Crippen molar-refractivity contribution in [3.05, 3.63) is 57.8 Å². The molecule has 0 saturated carbocycles. The van der Waals surface area contributed by atoms with Gasteiger partial charge in [0.15, 0.2) is 0 Å². The Morgan fingerprint density at radius 3 is 2.47 bits per heavy atom. The summed E-state index contributed by atoms with van der Waals surface area (Å²) in [6.45, 7) is 1.77. The highest BCUT2D eigenvalue weighted by atomic mass is 35.5. The molecule has 2 N–H and O–H groups in total. The van der Waals surface area contributed by atoms with Crippen LogP contribution in [0, 0.1) is 6.92 Å². The SMILES string of the molecule is Cc1cc(C(=O)NNc2ccc(Cl)cc2)cc(Cl)n1. The zero-order valence-corrected chi connectivity index (χ0v) is 11.6. The Morgan fingerprint density at radius 1 is 1.16 bits per heavy atom. The molecule has 0 atom stereocenters. The van der Waals surface area contributed by atoms with E-state index in [-0.39, 0.29) is 11.1 Å². The minimum Gasteiger partial charge on any atom is -0.298 e. The topological polar surface area (TPSA) is 54.0 Å². The second-order valence-electron chi connectivity index (χ2n) is 3.91.